The minimum Gasteiger partial charge on any atom is -0.399 e. The maximum Gasteiger partial charge on any atom is 0.246 e. The second-order valence-corrected chi connectivity index (χ2v) is 7.42. The summed E-state index contributed by atoms with van der Waals surface area (Å²) < 4.78 is 39.7. The van der Waals surface area contributed by atoms with E-state index in [-0.39, 0.29) is 16.8 Å². The van der Waals surface area contributed by atoms with Crippen molar-refractivity contribution in [2.75, 3.05) is 24.8 Å². The van der Waals surface area contributed by atoms with E-state index < -0.39 is 20.7 Å². The van der Waals surface area contributed by atoms with E-state index in [0.29, 0.717) is 5.75 Å². The minimum atomic E-state index is -3.96. The zero-order valence-electron chi connectivity index (χ0n) is 10.9. The standard InChI is InChI=1S/C11H16ClFN2O2S2/c1-7(6-18-3)15(2)19(16,17)10-5-8(14)4-9(12)11(10)13/h4-5,7H,6,14H2,1-3H3. The van der Waals surface area contributed by atoms with Crippen molar-refractivity contribution >= 4 is 39.1 Å². The molecule has 0 saturated carbocycles. The van der Waals surface area contributed by atoms with Gasteiger partial charge in [0, 0.05) is 24.5 Å². The molecule has 2 N–H and O–H groups in total. The topological polar surface area (TPSA) is 63.4 Å². The lowest BCUT2D eigenvalue weighted by Gasteiger charge is -2.24. The molecule has 0 radical (unpaired) electrons. The lowest BCUT2D eigenvalue weighted by molar-refractivity contribution is 0.411. The van der Waals surface area contributed by atoms with Crippen LogP contribution in [0.5, 0.6) is 0 Å². The minimum absolute atomic E-state index is 0.107. The lowest BCUT2D eigenvalue weighted by atomic mass is 10.3. The van der Waals surface area contributed by atoms with Gasteiger partial charge < -0.3 is 5.73 Å². The summed E-state index contributed by atoms with van der Waals surface area (Å²) in [6, 6.07) is 2.00. The molecule has 0 amide bonds. The van der Waals surface area contributed by atoms with Crippen LogP contribution in [0.15, 0.2) is 17.0 Å². The summed E-state index contributed by atoms with van der Waals surface area (Å²) in [4.78, 5) is -0.493. The molecule has 0 aliphatic carbocycles. The Morgan fingerprint density at radius 1 is 1.53 bits per heavy atom. The molecule has 1 aromatic carbocycles. The molecule has 0 heterocycles. The van der Waals surface area contributed by atoms with Crippen LogP contribution < -0.4 is 5.73 Å². The van der Waals surface area contributed by atoms with Gasteiger partial charge >= 0.3 is 0 Å². The van der Waals surface area contributed by atoms with Crippen molar-refractivity contribution in [3.8, 4) is 0 Å². The van der Waals surface area contributed by atoms with Crippen molar-refractivity contribution in [2.45, 2.75) is 17.9 Å². The Kier molecular flexibility index (Phi) is 5.49. The van der Waals surface area contributed by atoms with Gasteiger partial charge in [-0.2, -0.15) is 16.1 Å². The fourth-order valence-electron chi connectivity index (χ4n) is 1.51. The fourth-order valence-corrected chi connectivity index (χ4v) is 4.07. The van der Waals surface area contributed by atoms with Gasteiger partial charge in [-0.25, -0.2) is 12.8 Å². The molecule has 1 atom stereocenters. The van der Waals surface area contributed by atoms with Crippen molar-refractivity contribution in [1.82, 2.24) is 4.31 Å². The number of nitrogens with two attached hydrogens (primary N) is 1. The second-order valence-electron chi connectivity index (χ2n) is 4.14. The number of anilines is 1. The highest BCUT2D eigenvalue weighted by atomic mass is 35.5. The Balaban J connectivity index is 3.28. The Bertz CT molecular complexity index is 566. The first-order valence-electron chi connectivity index (χ1n) is 5.43. The van der Waals surface area contributed by atoms with Crippen LogP contribution in [0.4, 0.5) is 10.1 Å². The van der Waals surface area contributed by atoms with E-state index in [0.717, 1.165) is 10.4 Å². The van der Waals surface area contributed by atoms with Gasteiger partial charge in [0.25, 0.3) is 0 Å². The summed E-state index contributed by atoms with van der Waals surface area (Å²) >= 11 is 7.14. The van der Waals surface area contributed by atoms with E-state index in [1.165, 1.54) is 24.9 Å². The van der Waals surface area contributed by atoms with E-state index in [1.54, 1.807) is 6.92 Å². The van der Waals surface area contributed by atoms with Gasteiger partial charge in [-0.3, -0.25) is 0 Å². The first kappa shape index (κ1) is 16.6. The van der Waals surface area contributed by atoms with Crippen molar-refractivity contribution < 1.29 is 12.8 Å². The summed E-state index contributed by atoms with van der Waals surface area (Å²) in [5, 5.41) is -0.301. The van der Waals surface area contributed by atoms with E-state index >= 15 is 0 Å². The average molecular weight is 327 g/mol. The predicted octanol–water partition coefficient (Wildman–Crippen LogP) is 2.43. The zero-order valence-corrected chi connectivity index (χ0v) is 13.2. The quantitative estimate of drug-likeness (QED) is 0.844. The molecule has 1 rings (SSSR count). The van der Waals surface area contributed by atoms with Crippen LogP contribution in [0.2, 0.25) is 5.02 Å². The van der Waals surface area contributed by atoms with Crippen LogP contribution in [0.3, 0.4) is 0 Å². The largest absolute Gasteiger partial charge is 0.399 e. The molecule has 0 fully saturated rings. The van der Waals surface area contributed by atoms with Crippen LogP contribution in [0, 0.1) is 5.82 Å². The third-order valence-electron chi connectivity index (χ3n) is 2.70. The molecule has 0 bridgehead atoms. The number of benzene rings is 1. The number of sulfonamides is 1. The molecule has 8 heteroatoms. The molecule has 1 aromatic rings. The predicted molar refractivity (Wildman–Crippen MR) is 78.6 cm³/mol. The van der Waals surface area contributed by atoms with E-state index in [4.69, 9.17) is 17.3 Å². The Labute approximate surface area is 122 Å². The molecule has 108 valence electrons. The highest BCUT2D eigenvalue weighted by Crippen LogP contribution is 2.28. The van der Waals surface area contributed by atoms with Crippen molar-refractivity contribution in [2.24, 2.45) is 0 Å². The third-order valence-corrected chi connectivity index (χ3v) is 5.76. The normalized spacial score (nSPS) is 13.8. The number of hydrogen-bond donors (Lipinski definition) is 1. The van der Waals surface area contributed by atoms with Crippen LogP contribution in [-0.2, 0) is 10.0 Å². The highest BCUT2D eigenvalue weighted by molar-refractivity contribution is 7.98. The first-order valence-corrected chi connectivity index (χ1v) is 8.64. The van der Waals surface area contributed by atoms with Gasteiger partial charge in [-0.1, -0.05) is 11.6 Å². The number of thioether (sulfide) groups is 1. The molecule has 0 aliphatic heterocycles. The van der Waals surface area contributed by atoms with Crippen molar-refractivity contribution in [3.63, 3.8) is 0 Å². The van der Waals surface area contributed by atoms with Crippen LogP contribution in [-0.4, -0.2) is 37.8 Å². The molecular weight excluding hydrogens is 311 g/mol. The number of nitrogens with zero attached hydrogens (tertiary/aromatic N) is 1. The van der Waals surface area contributed by atoms with Gasteiger partial charge in [0.15, 0.2) is 5.82 Å². The summed E-state index contributed by atoms with van der Waals surface area (Å²) in [6.07, 6.45) is 1.87. The molecule has 0 aliphatic rings. The SMILES string of the molecule is CSCC(C)N(C)S(=O)(=O)c1cc(N)cc(Cl)c1F. The number of nitrogen functional groups attached to an aromatic ring is 1. The van der Waals surface area contributed by atoms with Gasteiger partial charge in [0.2, 0.25) is 10.0 Å². The molecular formula is C11H16ClFN2O2S2. The molecule has 0 spiro atoms. The summed E-state index contributed by atoms with van der Waals surface area (Å²) in [5.74, 6) is -0.369. The van der Waals surface area contributed by atoms with Gasteiger partial charge in [-0.15, -0.1) is 0 Å². The van der Waals surface area contributed by atoms with E-state index in [2.05, 4.69) is 0 Å². The molecule has 4 nitrogen and oxygen atoms in total. The van der Waals surface area contributed by atoms with Gasteiger partial charge in [-0.05, 0) is 25.3 Å². The maximum absolute atomic E-state index is 13.9. The number of hydrogen-bond acceptors (Lipinski definition) is 4. The molecule has 1 unspecified atom stereocenters. The summed E-state index contributed by atoms with van der Waals surface area (Å²) in [5.41, 5.74) is 5.63. The monoisotopic (exact) mass is 326 g/mol. The number of halogens is 2. The third kappa shape index (κ3) is 3.53. The van der Waals surface area contributed by atoms with E-state index in [1.807, 2.05) is 6.26 Å². The number of rotatable bonds is 5. The zero-order chi connectivity index (χ0) is 14.8. The van der Waals surface area contributed by atoms with Crippen molar-refractivity contribution in [3.05, 3.63) is 23.0 Å². The first-order chi connectivity index (χ1) is 8.71. The fraction of sp³-hybridized carbons (Fsp3) is 0.455. The molecule has 0 aromatic heterocycles. The summed E-state index contributed by atoms with van der Waals surface area (Å²) in [7, 11) is -2.55. The van der Waals surface area contributed by atoms with Crippen molar-refractivity contribution in [1.29, 1.82) is 0 Å². The molecule has 0 saturated heterocycles. The Morgan fingerprint density at radius 3 is 2.63 bits per heavy atom. The molecule has 19 heavy (non-hydrogen) atoms. The van der Waals surface area contributed by atoms with Gasteiger partial charge in [0.05, 0.1) is 5.02 Å². The summed E-state index contributed by atoms with van der Waals surface area (Å²) in [6.45, 7) is 1.75. The van der Waals surface area contributed by atoms with Gasteiger partial charge in [0.1, 0.15) is 4.90 Å². The average Bonchev–Trinajstić information content (AvgIpc) is 2.32. The lowest BCUT2D eigenvalue weighted by Crippen LogP contribution is -2.37. The van der Waals surface area contributed by atoms with Crippen LogP contribution >= 0.6 is 23.4 Å². The van der Waals surface area contributed by atoms with Crippen LogP contribution in [0.25, 0.3) is 0 Å². The van der Waals surface area contributed by atoms with Crippen LogP contribution in [0.1, 0.15) is 6.92 Å². The Morgan fingerprint density at radius 2 is 2.11 bits per heavy atom. The highest BCUT2D eigenvalue weighted by Gasteiger charge is 2.29. The van der Waals surface area contributed by atoms with E-state index in [9.17, 15) is 12.8 Å². The second kappa shape index (κ2) is 6.30. The maximum atomic E-state index is 13.9. The smallest absolute Gasteiger partial charge is 0.246 e. The Hall–Kier alpha value is -0.500.